The third-order valence-corrected chi connectivity index (χ3v) is 4.85. The quantitative estimate of drug-likeness (QED) is 0.550. The molecule has 0 saturated heterocycles. The van der Waals surface area contributed by atoms with Crippen LogP contribution in [0.25, 0.3) is 11.0 Å². The molecule has 4 rings (SSSR count). The number of nitrogens with zero attached hydrogens (tertiary/aromatic N) is 3. The maximum Gasteiger partial charge on any atom is 0.332 e. The van der Waals surface area contributed by atoms with Crippen molar-refractivity contribution >= 4 is 11.0 Å². The predicted molar refractivity (Wildman–Crippen MR) is 106 cm³/mol. The average molecular weight is 375 g/mol. The van der Waals surface area contributed by atoms with E-state index < -0.39 is 11.2 Å². The predicted octanol–water partition coefficient (Wildman–Crippen LogP) is 3.35. The Kier molecular flexibility index (Phi) is 4.61. The minimum atomic E-state index is -0.457. The topological polar surface area (TPSA) is 56.9 Å². The van der Waals surface area contributed by atoms with Crippen LogP contribution in [0.3, 0.4) is 0 Å². The second-order valence-electron chi connectivity index (χ2n) is 6.63. The fourth-order valence-electron chi connectivity index (χ4n) is 3.37. The third kappa shape index (κ3) is 3.13. The van der Waals surface area contributed by atoms with Crippen LogP contribution in [0.15, 0.2) is 82.5 Å². The molecule has 4 aromatic rings. The van der Waals surface area contributed by atoms with Gasteiger partial charge in [-0.1, -0.05) is 42.5 Å². The van der Waals surface area contributed by atoms with Gasteiger partial charge in [0, 0.05) is 6.20 Å². The number of benzene rings is 2. The lowest BCUT2D eigenvalue weighted by Gasteiger charge is -2.20. The summed E-state index contributed by atoms with van der Waals surface area (Å²) in [6.07, 6.45) is 1.54. The summed E-state index contributed by atoms with van der Waals surface area (Å²) in [6, 6.07) is 18.5. The normalized spacial score (nSPS) is 12.2. The van der Waals surface area contributed by atoms with Gasteiger partial charge >= 0.3 is 5.69 Å². The van der Waals surface area contributed by atoms with Gasteiger partial charge in [-0.25, -0.2) is 14.2 Å². The van der Waals surface area contributed by atoms with Crippen molar-refractivity contribution in [1.82, 2.24) is 14.1 Å². The van der Waals surface area contributed by atoms with Crippen LogP contribution in [0.1, 0.15) is 24.1 Å². The maximum atomic E-state index is 13.3. The molecule has 0 saturated carbocycles. The van der Waals surface area contributed by atoms with Gasteiger partial charge < -0.3 is 0 Å². The van der Waals surface area contributed by atoms with E-state index >= 15 is 0 Å². The second-order valence-corrected chi connectivity index (χ2v) is 6.63. The van der Waals surface area contributed by atoms with Crippen LogP contribution in [0.5, 0.6) is 0 Å². The zero-order chi connectivity index (χ0) is 19.7. The van der Waals surface area contributed by atoms with Crippen LogP contribution in [-0.2, 0) is 6.54 Å². The summed E-state index contributed by atoms with van der Waals surface area (Å²) >= 11 is 0. The van der Waals surface area contributed by atoms with Crippen molar-refractivity contribution in [2.75, 3.05) is 0 Å². The first-order valence-electron chi connectivity index (χ1n) is 8.95. The van der Waals surface area contributed by atoms with Gasteiger partial charge in [0.1, 0.15) is 5.82 Å². The smallest absolute Gasteiger partial charge is 0.284 e. The highest BCUT2D eigenvalue weighted by Gasteiger charge is 2.19. The lowest BCUT2D eigenvalue weighted by atomic mass is 10.1. The highest BCUT2D eigenvalue weighted by Crippen LogP contribution is 2.19. The van der Waals surface area contributed by atoms with Crippen LogP contribution in [0, 0.1) is 5.82 Å². The molecule has 0 spiro atoms. The summed E-state index contributed by atoms with van der Waals surface area (Å²) in [5.74, 6) is -0.369. The number of hydrogen-bond acceptors (Lipinski definition) is 3. The van der Waals surface area contributed by atoms with Crippen molar-refractivity contribution in [3.63, 3.8) is 0 Å². The van der Waals surface area contributed by atoms with Crippen molar-refractivity contribution in [3.05, 3.63) is 111 Å². The van der Waals surface area contributed by atoms with Gasteiger partial charge in [0.15, 0.2) is 5.52 Å². The lowest BCUT2D eigenvalue weighted by Crippen LogP contribution is -2.41. The first-order chi connectivity index (χ1) is 13.6. The molecule has 2 aromatic carbocycles. The van der Waals surface area contributed by atoms with E-state index in [9.17, 15) is 14.0 Å². The molecule has 140 valence electrons. The third-order valence-electron chi connectivity index (χ3n) is 4.85. The molecule has 0 fully saturated rings. The van der Waals surface area contributed by atoms with E-state index in [2.05, 4.69) is 4.98 Å². The van der Waals surface area contributed by atoms with Crippen molar-refractivity contribution in [3.8, 4) is 0 Å². The summed E-state index contributed by atoms with van der Waals surface area (Å²) in [4.78, 5) is 30.5. The van der Waals surface area contributed by atoms with E-state index in [1.54, 1.807) is 28.8 Å². The van der Waals surface area contributed by atoms with Gasteiger partial charge in [0.05, 0.1) is 18.1 Å². The first-order valence-corrected chi connectivity index (χ1v) is 8.95. The molecule has 2 aromatic heterocycles. The van der Waals surface area contributed by atoms with Gasteiger partial charge in [-0.15, -0.1) is 0 Å². The minimum Gasteiger partial charge on any atom is -0.284 e. The molecule has 1 atom stereocenters. The van der Waals surface area contributed by atoms with E-state index in [-0.39, 0.29) is 23.9 Å². The molecule has 0 bridgehead atoms. The van der Waals surface area contributed by atoms with Crippen LogP contribution in [0.2, 0.25) is 0 Å². The zero-order valence-electron chi connectivity index (χ0n) is 15.2. The number of halogens is 1. The number of fused-ring (bicyclic) bond motifs is 1. The fraction of sp³-hybridized carbons (Fsp3) is 0.136. The molecule has 0 aliphatic heterocycles. The summed E-state index contributed by atoms with van der Waals surface area (Å²) in [5.41, 5.74) is 1.44. The molecule has 0 aliphatic rings. The van der Waals surface area contributed by atoms with Crippen LogP contribution >= 0.6 is 0 Å². The molecular formula is C22H18FN3O2. The van der Waals surface area contributed by atoms with E-state index in [1.165, 1.54) is 18.3 Å². The Morgan fingerprint density at radius 3 is 2.39 bits per heavy atom. The molecule has 28 heavy (non-hydrogen) atoms. The Labute approximate surface area is 160 Å². The second kappa shape index (κ2) is 7.23. The molecule has 5 nitrogen and oxygen atoms in total. The van der Waals surface area contributed by atoms with Crippen molar-refractivity contribution in [2.45, 2.75) is 19.5 Å². The molecule has 0 aliphatic carbocycles. The van der Waals surface area contributed by atoms with E-state index in [4.69, 9.17) is 0 Å². The average Bonchev–Trinajstić information content (AvgIpc) is 2.73. The maximum absolute atomic E-state index is 13.3. The molecule has 0 amide bonds. The van der Waals surface area contributed by atoms with E-state index in [1.807, 2.05) is 37.3 Å². The Hall–Kier alpha value is -3.54. The van der Waals surface area contributed by atoms with Gasteiger partial charge in [-0.05, 0) is 42.3 Å². The minimum absolute atomic E-state index is 0.0476. The molecule has 1 unspecified atom stereocenters. The highest BCUT2D eigenvalue weighted by molar-refractivity contribution is 5.73. The molecule has 0 N–H and O–H groups in total. The van der Waals surface area contributed by atoms with Crippen LogP contribution in [-0.4, -0.2) is 14.1 Å². The lowest BCUT2D eigenvalue weighted by molar-refractivity contribution is 0.565. The van der Waals surface area contributed by atoms with E-state index in [0.717, 1.165) is 10.1 Å². The number of hydrogen-bond donors (Lipinski definition) is 0. The van der Waals surface area contributed by atoms with Crippen molar-refractivity contribution in [2.24, 2.45) is 0 Å². The Bertz CT molecular complexity index is 1250. The summed E-state index contributed by atoms with van der Waals surface area (Å²) < 4.78 is 15.9. The van der Waals surface area contributed by atoms with Crippen molar-refractivity contribution in [1.29, 1.82) is 0 Å². The molecule has 2 heterocycles. The molecular weight excluding hydrogens is 357 g/mol. The van der Waals surface area contributed by atoms with Crippen LogP contribution < -0.4 is 11.2 Å². The zero-order valence-corrected chi connectivity index (χ0v) is 15.2. The van der Waals surface area contributed by atoms with Gasteiger partial charge in [0.2, 0.25) is 0 Å². The number of aromatic nitrogens is 3. The number of rotatable bonds is 4. The Balaban J connectivity index is 1.95. The van der Waals surface area contributed by atoms with Crippen LogP contribution in [0.4, 0.5) is 4.39 Å². The van der Waals surface area contributed by atoms with Gasteiger partial charge in [-0.2, -0.15) is 0 Å². The van der Waals surface area contributed by atoms with Gasteiger partial charge in [0.25, 0.3) is 5.56 Å². The highest BCUT2D eigenvalue weighted by atomic mass is 19.1. The summed E-state index contributed by atoms with van der Waals surface area (Å²) in [5, 5.41) is 0. The Morgan fingerprint density at radius 2 is 1.68 bits per heavy atom. The first kappa shape index (κ1) is 17.9. The summed E-state index contributed by atoms with van der Waals surface area (Å²) in [6.45, 7) is 1.96. The molecule has 6 heteroatoms. The standard InChI is InChI=1S/C22H18FN3O2/c1-15(17-6-3-2-4-7-17)26-19-8-5-13-24-20(19)21(27)25(22(26)28)14-16-9-11-18(23)12-10-16/h2-13,15H,14H2,1H3. The van der Waals surface area contributed by atoms with Gasteiger partial charge in [-0.3, -0.25) is 13.9 Å². The summed E-state index contributed by atoms with van der Waals surface area (Å²) in [7, 11) is 0. The van der Waals surface area contributed by atoms with E-state index in [0.29, 0.717) is 11.1 Å². The largest absolute Gasteiger partial charge is 0.332 e. The monoisotopic (exact) mass is 375 g/mol. The fourth-order valence-corrected chi connectivity index (χ4v) is 3.37. The SMILES string of the molecule is CC(c1ccccc1)n1c(=O)n(Cc2ccc(F)cc2)c(=O)c2ncccc21. The van der Waals surface area contributed by atoms with Crippen molar-refractivity contribution < 1.29 is 4.39 Å². The Morgan fingerprint density at radius 1 is 0.964 bits per heavy atom. The molecule has 0 radical (unpaired) electrons. The number of pyridine rings is 1.